The molecule has 2 aromatic carbocycles. The largest absolute Gasteiger partial charge is 0.497 e. The highest BCUT2D eigenvalue weighted by atomic mass is 32.2. The van der Waals surface area contributed by atoms with Gasteiger partial charge in [-0.15, -0.1) is 6.58 Å². The van der Waals surface area contributed by atoms with Crippen LogP contribution >= 0.6 is 23.1 Å². The van der Waals surface area contributed by atoms with Crippen LogP contribution in [-0.4, -0.2) is 52.9 Å². The summed E-state index contributed by atoms with van der Waals surface area (Å²) in [5.41, 5.74) is 1.36. The number of thiazole rings is 1. The fraction of sp³-hybridized carbons (Fsp3) is 0.217. The number of hydrogen-bond acceptors (Lipinski definition) is 8. The molecule has 0 spiro atoms. The minimum atomic E-state index is -0.595. The van der Waals surface area contributed by atoms with Gasteiger partial charge in [-0.3, -0.25) is 14.5 Å². The molecule has 1 saturated heterocycles. The average Bonchev–Trinajstić information content (AvgIpc) is 3.35. The summed E-state index contributed by atoms with van der Waals surface area (Å²) < 4.78 is 11.5. The Balaban J connectivity index is 1.50. The Morgan fingerprint density at radius 3 is 2.82 bits per heavy atom. The van der Waals surface area contributed by atoms with Crippen molar-refractivity contribution >= 4 is 61.1 Å². The number of fused-ring (bicyclic) bond motifs is 1. The Morgan fingerprint density at radius 1 is 1.27 bits per heavy atom. The van der Waals surface area contributed by atoms with E-state index in [9.17, 15) is 9.59 Å². The van der Waals surface area contributed by atoms with E-state index in [-0.39, 0.29) is 18.2 Å². The van der Waals surface area contributed by atoms with Gasteiger partial charge in [-0.25, -0.2) is 4.98 Å². The summed E-state index contributed by atoms with van der Waals surface area (Å²) in [4.78, 5) is 36.4. The van der Waals surface area contributed by atoms with E-state index < -0.39 is 5.25 Å². The molecule has 1 aliphatic heterocycles. The maximum Gasteiger partial charge on any atom is 0.242 e. The second-order valence-electron chi connectivity index (χ2n) is 7.02. The summed E-state index contributed by atoms with van der Waals surface area (Å²) in [6.07, 6.45) is 1.63. The number of amidine groups is 1. The molecule has 1 unspecified atom stereocenters. The van der Waals surface area contributed by atoms with Crippen molar-refractivity contribution < 1.29 is 19.1 Å². The van der Waals surface area contributed by atoms with Gasteiger partial charge in [0.25, 0.3) is 0 Å². The molecule has 4 rings (SSSR count). The van der Waals surface area contributed by atoms with Crippen LogP contribution in [0.5, 0.6) is 11.5 Å². The molecule has 10 heteroatoms. The summed E-state index contributed by atoms with van der Waals surface area (Å²) in [6, 6.07) is 12.9. The van der Waals surface area contributed by atoms with E-state index in [0.717, 1.165) is 10.2 Å². The topological polar surface area (TPSA) is 93.1 Å². The third-order valence-electron chi connectivity index (χ3n) is 4.86. The summed E-state index contributed by atoms with van der Waals surface area (Å²) in [6.45, 7) is 4.04. The third kappa shape index (κ3) is 5.01. The van der Waals surface area contributed by atoms with Crippen LogP contribution in [0.4, 0.5) is 10.8 Å². The van der Waals surface area contributed by atoms with Crippen molar-refractivity contribution in [3.8, 4) is 11.5 Å². The SMILES string of the molecule is C=CCN1C(=O)C(CC(=O)Nc2ccc(OC)cc2OC)SC1=Nc1nc2ccccc2s1. The Bertz CT molecular complexity index is 1210. The number of para-hydroxylation sites is 1. The van der Waals surface area contributed by atoms with Crippen LogP contribution in [0.25, 0.3) is 10.2 Å². The fourth-order valence-corrected chi connectivity index (χ4v) is 5.33. The van der Waals surface area contributed by atoms with Crippen molar-refractivity contribution in [1.82, 2.24) is 9.88 Å². The van der Waals surface area contributed by atoms with E-state index in [0.29, 0.717) is 34.0 Å². The van der Waals surface area contributed by atoms with Crippen molar-refractivity contribution in [1.29, 1.82) is 0 Å². The number of hydrogen-bond donors (Lipinski definition) is 1. The fourth-order valence-electron chi connectivity index (χ4n) is 3.28. The summed E-state index contributed by atoms with van der Waals surface area (Å²) in [5, 5.41) is 3.30. The first kappa shape index (κ1) is 22.8. The normalized spacial score (nSPS) is 16.9. The predicted octanol–water partition coefficient (Wildman–Crippen LogP) is 4.46. The Hall–Kier alpha value is -3.37. The van der Waals surface area contributed by atoms with Crippen LogP contribution in [0.3, 0.4) is 0 Å². The third-order valence-corrected chi connectivity index (χ3v) is 6.96. The molecule has 2 amide bonds. The van der Waals surface area contributed by atoms with Crippen LogP contribution in [0.15, 0.2) is 60.1 Å². The summed E-state index contributed by atoms with van der Waals surface area (Å²) in [7, 11) is 3.07. The van der Waals surface area contributed by atoms with E-state index in [2.05, 4.69) is 21.9 Å². The Labute approximate surface area is 199 Å². The number of carbonyl (C=O) groups is 2. The maximum absolute atomic E-state index is 13.0. The molecule has 1 aliphatic rings. The summed E-state index contributed by atoms with van der Waals surface area (Å²) in [5.74, 6) is 0.599. The zero-order valence-electron chi connectivity index (χ0n) is 18.1. The van der Waals surface area contributed by atoms with Gasteiger partial charge in [0.05, 0.1) is 30.1 Å². The Morgan fingerprint density at radius 2 is 2.09 bits per heavy atom. The van der Waals surface area contributed by atoms with Crippen LogP contribution in [0.1, 0.15) is 6.42 Å². The molecule has 33 heavy (non-hydrogen) atoms. The molecule has 0 aliphatic carbocycles. The van der Waals surface area contributed by atoms with Gasteiger partial charge in [-0.2, -0.15) is 4.99 Å². The predicted molar refractivity (Wildman–Crippen MR) is 133 cm³/mol. The molecule has 3 aromatic rings. The van der Waals surface area contributed by atoms with Crippen LogP contribution in [0.2, 0.25) is 0 Å². The maximum atomic E-state index is 13.0. The quantitative estimate of drug-likeness (QED) is 0.477. The molecule has 1 atom stereocenters. The standard InChI is InChI=1S/C23H22N4O4S2/c1-4-11-27-21(29)19(13-20(28)24-15-10-9-14(30-2)12-17(15)31-3)33-23(27)26-22-25-16-7-5-6-8-18(16)32-22/h4-10,12,19H,1,11,13H2,2-3H3,(H,24,28). The zero-order valence-corrected chi connectivity index (χ0v) is 19.7. The van der Waals surface area contributed by atoms with Gasteiger partial charge in [0.2, 0.25) is 16.9 Å². The van der Waals surface area contributed by atoms with Crippen molar-refractivity contribution in [2.24, 2.45) is 4.99 Å². The van der Waals surface area contributed by atoms with E-state index in [1.165, 1.54) is 35.1 Å². The first-order valence-corrected chi connectivity index (χ1v) is 11.8. The number of ether oxygens (including phenoxy) is 2. The van der Waals surface area contributed by atoms with Crippen molar-refractivity contribution in [2.45, 2.75) is 11.7 Å². The van der Waals surface area contributed by atoms with Gasteiger partial charge in [0.1, 0.15) is 16.7 Å². The highest BCUT2D eigenvalue weighted by molar-refractivity contribution is 8.15. The number of carbonyl (C=O) groups excluding carboxylic acids is 2. The number of rotatable bonds is 8. The molecule has 0 saturated carbocycles. The molecular weight excluding hydrogens is 460 g/mol. The molecule has 1 fully saturated rings. The zero-order chi connectivity index (χ0) is 23.4. The molecule has 0 radical (unpaired) electrons. The molecular formula is C23H22N4O4S2. The minimum Gasteiger partial charge on any atom is -0.497 e. The molecule has 0 bridgehead atoms. The number of aliphatic imine (C=N–C) groups is 1. The number of thioether (sulfide) groups is 1. The molecule has 2 heterocycles. The second kappa shape index (κ2) is 10.1. The lowest BCUT2D eigenvalue weighted by Gasteiger charge is -2.14. The van der Waals surface area contributed by atoms with E-state index >= 15 is 0 Å². The van der Waals surface area contributed by atoms with Gasteiger partial charge in [-0.05, 0) is 24.3 Å². The van der Waals surface area contributed by atoms with Crippen molar-refractivity contribution in [3.63, 3.8) is 0 Å². The average molecular weight is 483 g/mol. The van der Waals surface area contributed by atoms with Gasteiger partial charge in [0.15, 0.2) is 5.17 Å². The lowest BCUT2D eigenvalue weighted by atomic mass is 10.2. The lowest BCUT2D eigenvalue weighted by Crippen LogP contribution is -2.33. The lowest BCUT2D eigenvalue weighted by molar-refractivity contribution is -0.127. The van der Waals surface area contributed by atoms with Crippen molar-refractivity contribution in [3.05, 3.63) is 55.1 Å². The van der Waals surface area contributed by atoms with Crippen molar-refractivity contribution in [2.75, 3.05) is 26.1 Å². The Kier molecular flexibility index (Phi) is 6.95. The first-order chi connectivity index (χ1) is 16.0. The number of nitrogens with zero attached hydrogens (tertiary/aromatic N) is 3. The van der Waals surface area contributed by atoms with Gasteiger partial charge >= 0.3 is 0 Å². The number of methoxy groups -OCH3 is 2. The number of nitrogens with one attached hydrogen (secondary N) is 1. The van der Waals surface area contributed by atoms with Gasteiger partial charge < -0.3 is 14.8 Å². The number of amides is 2. The van der Waals surface area contributed by atoms with Gasteiger partial charge in [0, 0.05) is 19.0 Å². The number of aromatic nitrogens is 1. The highest BCUT2D eigenvalue weighted by Crippen LogP contribution is 2.35. The molecule has 1 N–H and O–H groups in total. The number of benzene rings is 2. The second-order valence-corrected chi connectivity index (χ2v) is 9.20. The van der Waals surface area contributed by atoms with Crippen LogP contribution in [-0.2, 0) is 9.59 Å². The monoisotopic (exact) mass is 482 g/mol. The van der Waals surface area contributed by atoms with Crippen LogP contribution in [0, 0.1) is 0 Å². The van der Waals surface area contributed by atoms with E-state index in [1.807, 2.05) is 24.3 Å². The summed E-state index contributed by atoms with van der Waals surface area (Å²) >= 11 is 2.71. The van der Waals surface area contributed by atoms with Crippen LogP contribution < -0.4 is 14.8 Å². The molecule has 1 aromatic heterocycles. The van der Waals surface area contributed by atoms with Gasteiger partial charge in [-0.1, -0.05) is 41.3 Å². The molecule has 170 valence electrons. The smallest absolute Gasteiger partial charge is 0.242 e. The minimum absolute atomic E-state index is 0.00874. The first-order valence-electron chi connectivity index (χ1n) is 10.1. The van der Waals surface area contributed by atoms with E-state index in [4.69, 9.17) is 9.47 Å². The number of anilines is 1. The molecule has 8 nitrogen and oxygen atoms in total. The highest BCUT2D eigenvalue weighted by Gasteiger charge is 2.39. The van der Waals surface area contributed by atoms with E-state index in [1.54, 1.807) is 31.4 Å².